The van der Waals surface area contributed by atoms with Gasteiger partial charge in [-0.05, 0) is 31.7 Å². The van der Waals surface area contributed by atoms with Gasteiger partial charge in [-0.15, -0.1) is 0 Å². The maximum atomic E-state index is 9.80. The Hall–Kier alpha value is -1.29. The number of nitrogens with one attached hydrogen (secondary N) is 2. The average molecular weight is 263 g/mol. The summed E-state index contributed by atoms with van der Waals surface area (Å²) in [5.74, 6) is 1.55. The molecule has 2 unspecified atom stereocenters. The van der Waals surface area contributed by atoms with Gasteiger partial charge in [-0.25, -0.2) is 4.98 Å². The van der Waals surface area contributed by atoms with Crippen LogP contribution in [0.2, 0.25) is 0 Å². The monoisotopic (exact) mass is 263 g/mol. The lowest BCUT2D eigenvalue weighted by Crippen LogP contribution is -2.45. The predicted molar refractivity (Wildman–Crippen MR) is 79.5 cm³/mol. The van der Waals surface area contributed by atoms with Crippen LogP contribution in [0.15, 0.2) is 18.3 Å². The SMILES string of the molecule is CCNc1cc(NC2(CO)CCCC(C)C2)ccn1. The fourth-order valence-electron chi connectivity index (χ4n) is 3.05. The van der Waals surface area contributed by atoms with E-state index in [0.29, 0.717) is 5.92 Å². The highest BCUT2D eigenvalue weighted by Gasteiger charge is 2.34. The lowest BCUT2D eigenvalue weighted by Gasteiger charge is -2.40. The Kier molecular flexibility index (Phi) is 4.64. The summed E-state index contributed by atoms with van der Waals surface area (Å²) >= 11 is 0. The fourth-order valence-corrected chi connectivity index (χ4v) is 3.05. The highest BCUT2D eigenvalue weighted by molar-refractivity contribution is 5.53. The van der Waals surface area contributed by atoms with Gasteiger partial charge < -0.3 is 15.7 Å². The Bertz CT molecular complexity index is 410. The number of pyridine rings is 1. The number of aliphatic hydroxyl groups is 1. The summed E-state index contributed by atoms with van der Waals surface area (Å²) in [4.78, 5) is 4.27. The Morgan fingerprint density at radius 2 is 2.37 bits per heavy atom. The molecule has 2 rings (SSSR count). The van der Waals surface area contributed by atoms with Crippen LogP contribution in [0.4, 0.5) is 11.5 Å². The van der Waals surface area contributed by atoms with Crippen LogP contribution in [0.5, 0.6) is 0 Å². The number of anilines is 2. The first-order valence-corrected chi connectivity index (χ1v) is 7.26. The maximum Gasteiger partial charge on any atom is 0.127 e. The Morgan fingerprint density at radius 3 is 3.05 bits per heavy atom. The fraction of sp³-hybridized carbons (Fsp3) is 0.667. The third-order valence-corrected chi connectivity index (χ3v) is 3.92. The number of rotatable bonds is 5. The molecule has 3 N–H and O–H groups in total. The molecule has 0 radical (unpaired) electrons. The van der Waals surface area contributed by atoms with E-state index in [0.717, 1.165) is 30.9 Å². The van der Waals surface area contributed by atoms with Gasteiger partial charge in [0.25, 0.3) is 0 Å². The van der Waals surface area contributed by atoms with Crippen LogP contribution >= 0.6 is 0 Å². The molecule has 4 nitrogen and oxygen atoms in total. The van der Waals surface area contributed by atoms with E-state index < -0.39 is 0 Å². The van der Waals surface area contributed by atoms with Crippen LogP contribution in [0.25, 0.3) is 0 Å². The number of aromatic nitrogens is 1. The van der Waals surface area contributed by atoms with Crippen molar-refractivity contribution in [3.05, 3.63) is 18.3 Å². The second-order valence-corrected chi connectivity index (χ2v) is 5.73. The highest BCUT2D eigenvalue weighted by atomic mass is 16.3. The van der Waals surface area contributed by atoms with E-state index in [9.17, 15) is 5.11 Å². The van der Waals surface area contributed by atoms with Gasteiger partial charge in [0.15, 0.2) is 0 Å². The zero-order valence-corrected chi connectivity index (χ0v) is 11.9. The number of hydrogen-bond donors (Lipinski definition) is 3. The lowest BCUT2D eigenvalue weighted by molar-refractivity contribution is 0.149. The van der Waals surface area contributed by atoms with Gasteiger partial charge in [-0.2, -0.15) is 0 Å². The number of hydrogen-bond acceptors (Lipinski definition) is 4. The van der Waals surface area contributed by atoms with E-state index in [4.69, 9.17) is 0 Å². The van der Waals surface area contributed by atoms with E-state index in [1.807, 2.05) is 12.1 Å². The van der Waals surface area contributed by atoms with E-state index in [-0.39, 0.29) is 12.1 Å². The zero-order chi connectivity index (χ0) is 13.7. The topological polar surface area (TPSA) is 57.2 Å². The molecule has 1 fully saturated rings. The maximum absolute atomic E-state index is 9.80. The van der Waals surface area contributed by atoms with Gasteiger partial charge >= 0.3 is 0 Å². The molecule has 19 heavy (non-hydrogen) atoms. The molecule has 1 aromatic heterocycles. The summed E-state index contributed by atoms with van der Waals surface area (Å²) in [6.07, 6.45) is 6.31. The molecular formula is C15H25N3O. The normalized spacial score (nSPS) is 27.0. The minimum absolute atomic E-state index is 0.164. The van der Waals surface area contributed by atoms with Crippen molar-refractivity contribution < 1.29 is 5.11 Å². The molecule has 1 aliphatic carbocycles. The standard InChI is InChI=1S/C15H25N3O/c1-3-16-14-9-13(6-8-17-14)18-15(11-19)7-4-5-12(2)10-15/h6,8-9,12,19H,3-5,7,10-11H2,1-2H3,(H2,16,17,18). The van der Waals surface area contributed by atoms with E-state index in [2.05, 4.69) is 29.5 Å². The molecule has 0 saturated heterocycles. The summed E-state index contributed by atoms with van der Waals surface area (Å²) in [6, 6.07) is 3.98. The first-order chi connectivity index (χ1) is 9.17. The molecule has 106 valence electrons. The summed E-state index contributed by atoms with van der Waals surface area (Å²) in [6.45, 7) is 5.37. The van der Waals surface area contributed by atoms with Crippen LogP contribution in [-0.2, 0) is 0 Å². The van der Waals surface area contributed by atoms with Crippen molar-refractivity contribution in [1.82, 2.24) is 4.98 Å². The van der Waals surface area contributed by atoms with Crippen LogP contribution in [0.1, 0.15) is 39.5 Å². The van der Waals surface area contributed by atoms with Gasteiger partial charge in [0.1, 0.15) is 5.82 Å². The van der Waals surface area contributed by atoms with Crippen LogP contribution in [0, 0.1) is 5.92 Å². The molecule has 2 atom stereocenters. The van der Waals surface area contributed by atoms with Crippen molar-refractivity contribution in [2.45, 2.75) is 45.1 Å². The Labute approximate surface area is 115 Å². The Morgan fingerprint density at radius 1 is 1.53 bits per heavy atom. The summed E-state index contributed by atoms with van der Waals surface area (Å²) in [7, 11) is 0. The molecule has 1 aromatic rings. The number of nitrogens with zero attached hydrogens (tertiary/aromatic N) is 1. The van der Waals surface area contributed by atoms with Crippen molar-refractivity contribution in [1.29, 1.82) is 0 Å². The molecule has 1 heterocycles. The van der Waals surface area contributed by atoms with Gasteiger partial charge in [0.05, 0.1) is 12.1 Å². The van der Waals surface area contributed by atoms with Gasteiger partial charge in [0, 0.05) is 24.5 Å². The van der Waals surface area contributed by atoms with E-state index in [1.165, 1.54) is 12.8 Å². The van der Waals surface area contributed by atoms with Crippen molar-refractivity contribution in [3.8, 4) is 0 Å². The molecule has 1 saturated carbocycles. The van der Waals surface area contributed by atoms with E-state index >= 15 is 0 Å². The summed E-state index contributed by atoms with van der Waals surface area (Å²) in [5, 5.41) is 16.6. The largest absolute Gasteiger partial charge is 0.394 e. The molecular weight excluding hydrogens is 238 g/mol. The van der Waals surface area contributed by atoms with Crippen molar-refractivity contribution in [2.24, 2.45) is 5.92 Å². The molecule has 0 aromatic carbocycles. The zero-order valence-electron chi connectivity index (χ0n) is 11.9. The Balaban J connectivity index is 2.11. The molecule has 0 amide bonds. The third kappa shape index (κ3) is 3.60. The minimum atomic E-state index is -0.164. The number of aliphatic hydroxyl groups excluding tert-OH is 1. The van der Waals surface area contributed by atoms with Crippen molar-refractivity contribution in [2.75, 3.05) is 23.8 Å². The summed E-state index contributed by atoms with van der Waals surface area (Å²) in [5.41, 5.74) is 0.872. The molecule has 0 bridgehead atoms. The van der Waals surface area contributed by atoms with Crippen LogP contribution in [0.3, 0.4) is 0 Å². The van der Waals surface area contributed by atoms with Crippen LogP contribution in [-0.4, -0.2) is 28.8 Å². The van der Waals surface area contributed by atoms with E-state index in [1.54, 1.807) is 6.20 Å². The second-order valence-electron chi connectivity index (χ2n) is 5.73. The van der Waals surface area contributed by atoms with Gasteiger partial charge in [-0.1, -0.05) is 19.8 Å². The smallest absolute Gasteiger partial charge is 0.127 e. The highest BCUT2D eigenvalue weighted by Crippen LogP contribution is 2.34. The molecule has 0 aliphatic heterocycles. The average Bonchev–Trinajstić information content (AvgIpc) is 2.39. The van der Waals surface area contributed by atoms with Crippen LogP contribution < -0.4 is 10.6 Å². The lowest BCUT2D eigenvalue weighted by atomic mass is 9.76. The van der Waals surface area contributed by atoms with Crippen molar-refractivity contribution >= 4 is 11.5 Å². The predicted octanol–water partition coefficient (Wildman–Crippen LogP) is 2.87. The first kappa shape index (κ1) is 14.1. The molecule has 4 heteroatoms. The first-order valence-electron chi connectivity index (χ1n) is 7.26. The minimum Gasteiger partial charge on any atom is -0.394 e. The van der Waals surface area contributed by atoms with Gasteiger partial charge in [0.2, 0.25) is 0 Å². The molecule has 1 aliphatic rings. The molecule has 0 spiro atoms. The quantitative estimate of drug-likeness (QED) is 0.764. The second kappa shape index (κ2) is 6.24. The summed E-state index contributed by atoms with van der Waals surface area (Å²) < 4.78 is 0. The van der Waals surface area contributed by atoms with Crippen molar-refractivity contribution in [3.63, 3.8) is 0 Å². The van der Waals surface area contributed by atoms with Gasteiger partial charge in [-0.3, -0.25) is 0 Å². The third-order valence-electron chi connectivity index (χ3n) is 3.92.